The van der Waals surface area contributed by atoms with E-state index in [9.17, 15) is 9.59 Å². The van der Waals surface area contributed by atoms with Crippen molar-refractivity contribution < 1.29 is 14.3 Å². The molecule has 2 rings (SSSR count). The van der Waals surface area contributed by atoms with Gasteiger partial charge in [-0.05, 0) is 37.1 Å². The van der Waals surface area contributed by atoms with Gasteiger partial charge in [0.1, 0.15) is 5.57 Å². The zero-order valence-corrected chi connectivity index (χ0v) is 12.1. The van der Waals surface area contributed by atoms with Crippen molar-refractivity contribution in [2.45, 2.75) is 12.8 Å². The summed E-state index contributed by atoms with van der Waals surface area (Å²) >= 11 is 3.34. The second kappa shape index (κ2) is 6.02. The summed E-state index contributed by atoms with van der Waals surface area (Å²) in [6.07, 6.45) is 3.13. The Bertz CT molecular complexity index is 518. The number of benzene rings is 1. The van der Waals surface area contributed by atoms with Crippen molar-refractivity contribution in [3.63, 3.8) is 0 Å². The van der Waals surface area contributed by atoms with Crippen LogP contribution in [0.15, 0.2) is 40.5 Å². The summed E-state index contributed by atoms with van der Waals surface area (Å²) in [6.45, 7) is 0. The molecule has 1 N–H and O–H groups in total. The first-order valence-corrected chi connectivity index (χ1v) is 6.76. The van der Waals surface area contributed by atoms with Gasteiger partial charge in [-0.1, -0.05) is 15.9 Å². The summed E-state index contributed by atoms with van der Waals surface area (Å²) in [4.78, 5) is 23.6. The highest BCUT2D eigenvalue weighted by Gasteiger charge is 2.34. The molecule has 0 amide bonds. The standard InChI is InChI=1S/C14H14BrNO3/c1-19-14(18)12(13(17)9-2-3-9)8-16-11-6-4-10(15)5-7-11/h4-9,16H,2-3H2,1H3/b12-8+. The number of halogens is 1. The molecule has 4 nitrogen and oxygen atoms in total. The quantitative estimate of drug-likeness (QED) is 0.392. The van der Waals surface area contributed by atoms with Crippen LogP contribution >= 0.6 is 15.9 Å². The Morgan fingerprint density at radius 3 is 2.47 bits per heavy atom. The number of ether oxygens (including phenoxy) is 1. The maximum Gasteiger partial charge on any atom is 0.343 e. The minimum atomic E-state index is -0.596. The molecule has 1 aliphatic rings. The smallest absolute Gasteiger partial charge is 0.343 e. The van der Waals surface area contributed by atoms with E-state index in [1.165, 1.54) is 13.3 Å². The number of ketones is 1. The summed E-state index contributed by atoms with van der Waals surface area (Å²) in [5.41, 5.74) is 0.876. The number of carbonyl (C=O) groups excluding carboxylic acids is 2. The average Bonchev–Trinajstić information content (AvgIpc) is 3.24. The number of carbonyl (C=O) groups is 2. The molecular weight excluding hydrogens is 310 g/mol. The van der Waals surface area contributed by atoms with Crippen molar-refractivity contribution in [1.29, 1.82) is 0 Å². The average molecular weight is 324 g/mol. The molecule has 0 heterocycles. The fourth-order valence-corrected chi connectivity index (χ4v) is 1.87. The zero-order valence-electron chi connectivity index (χ0n) is 10.5. The first-order valence-electron chi connectivity index (χ1n) is 5.96. The largest absolute Gasteiger partial charge is 0.465 e. The number of hydrogen-bond donors (Lipinski definition) is 1. The summed E-state index contributed by atoms with van der Waals surface area (Å²) in [7, 11) is 1.27. The summed E-state index contributed by atoms with van der Waals surface area (Å²) < 4.78 is 5.61. The predicted octanol–water partition coefficient (Wildman–Crippen LogP) is 2.90. The van der Waals surface area contributed by atoms with Crippen molar-refractivity contribution in [1.82, 2.24) is 0 Å². The number of hydrogen-bond acceptors (Lipinski definition) is 4. The highest BCUT2D eigenvalue weighted by Crippen LogP contribution is 2.32. The van der Waals surface area contributed by atoms with Crippen LogP contribution in [0.1, 0.15) is 12.8 Å². The Hall–Kier alpha value is -1.62. The van der Waals surface area contributed by atoms with Crippen molar-refractivity contribution in [3.8, 4) is 0 Å². The first-order chi connectivity index (χ1) is 9.11. The number of methoxy groups -OCH3 is 1. The SMILES string of the molecule is COC(=O)/C(=C/Nc1ccc(Br)cc1)C(=O)C1CC1. The molecule has 1 aromatic carbocycles. The number of esters is 1. The first kappa shape index (κ1) is 13.8. The molecule has 0 aromatic heterocycles. The number of nitrogens with one attached hydrogen (secondary N) is 1. The molecule has 0 radical (unpaired) electrons. The van der Waals surface area contributed by atoms with E-state index in [4.69, 9.17) is 0 Å². The number of anilines is 1. The molecule has 0 spiro atoms. The lowest BCUT2D eigenvalue weighted by Gasteiger charge is -2.06. The van der Waals surface area contributed by atoms with Crippen LogP contribution < -0.4 is 5.32 Å². The maximum absolute atomic E-state index is 12.0. The second-order valence-electron chi connectivity index (χ2n) is 4.34. The van der Waals surface area contributed by atoms with Gasteiger partial charge in [0.25, 0.3) is 0 Å². The van der Waals surface area contributed by atoms with Crippen molar-refractivity contribution >= 4 is 33.4 Å². The fraction of sp³-hybridized carbons (Fsp3) is 0.286. The van der Waals surface area contributed by atoms with Crippen LogP contribution in [0.4, 0.5) is 5.69 Å². The Kier molecular flexibility index (Phi) is 4.37. The molecule has 1 aliphatic carbocycles. The van der Waals surface area contributed by atoms with E-state index >= 15 is 0 Å². The van der Waals surface area contributed by atoms with Crippen LogP contribution in [0.5, 0.6) is 0 Å². The van der Waals surface area contributed by atoms with Gasteiger partial charge in [0.05, 0.1) is 7.11 Å². The highest BCUT2D eigenvalue weighted by molar-refractivity contribution is 9.10. The van der Waals surface area contributed by atoms with Gasteiger partial charge in [-0.25, -0.2) is 4.79 Å². The molecule has 1 fully saturated rings. The van der Waals surface area contributed by atoms with Crippen molar-refractivity contribution in [2.75, 3.05) is 12.4 Å². The van der Waals surface area contributed by atoms with Gasteiger partial charge in [0.2, 0.25) is 0 Å². The summed E-state index contributed by atoms with van der Waals surface area (Å²) in [6, 6.07) is 7.43. The minimum Gasteiger partial charge on any atom is -0.465 e. The van der Waals surface area contributed by atoms with Crippen LogP contribution in [-0.2, 0) is 14.3 Å². The summed E-state index contributed by atoms with van der Waals surface area (Å²) in [5, 5.41) is 2.95. The van der Waals surface area contributed by atoms with E-state index in [-0.39, 0.29) is 17.3 Å². The van der Waals surface area contributed by atoms with E-state index in [0.717, 1.165) is 23.0 Å². The van der Waals surface area contributed by atoms with E-state index < -0.39 is 5.97 Å². The third-order valence-corrected chi connectivity index (χ3v) is 3.37. The van der Waals surface area contributed by atoms with Gasteiger partial charge < -0.3 is 10.1 Å². The van der Waals surface area contributed by atoms with Gasteiger partial charge in [0.15, 0.2) is 5.78 Å². The van der Waals surface area contributed by atoms with Crippen LogP contribution in [0, 0.1) is 5.92 Å². The van der Waals surface area contributed by atoms with Gasteiger partial charge in [0, 0.05) is 22.3 Å². The van der Waals surface area contributed by atoms with Crippen LogP contribution in [0.3, 0.4) is 0 Å². The Morgan fingerprint density at radius 1 is 1.32 bits per heavy atom. The topological polar surface area (TPSA) is 55.4 Å². The molecular formula is C14H14BrNO3. The molecule has 0 atom stereocenters. The van der Waals surface area contributed by atoms with E-state index in [0.29, 0.717) is 0 Å². The minimum absolute atomic E-state index is 0.0166. The molecule has 1 saturated carbocycles. The van der Waals surface area contributed by atoms with Crippen LogP contribution in [0.2, 0.25) is 0 Å². The summed E-state index contributed by atoms with van der Waals surface area (Å²) in [5.74, 6) is -0.755. The monoisotopic (exact) mass is 323 g/mol. The van der Waals surface area contributed by atoms with E-state index in [1.807, 2.05) is 24.3 Å². The van der Waals surface area contributed by atoms with Crippen LogP contribution in [-0.4, -0.2) is 18.9 Å². The molecule has 100 valence electrons. The van der Waals surface area contributed by atoms with Gasteiger partial charge >= 0.3 is 5.97 Å². The maximum atomic E-state index is 12.0. The third-order valence-electron chi connectivity index (χ3n) is 2.85. The normalized spacial score (nSPS) is 14.9. The lowest BCUT2D eigenvalue weighted by Crippen LogP contribution is -2.17. The van der Waals surface area contributed by atoms with Crippen molar-refractivity contribution in [3.05, 3.63) is 40.5 Å². The molecule has 5 heteroatoms. The lowest BCUT2D eigenvalue weighted by molar-refractivity contribution is -0.138. The Labute approximate surface area is 120 Å². The molecule has 1 aromatic rings. The molecule has 19 heavy (non-hydrogen) atoms. The molecule has 0 saturated heterocycles. The molecule has 0 aliphatic heterocycles. The lowest BCUT2D eigenvalue weighted by atomic mass is 10.1. The van der Waals surface area contributed by atoms with Gasteiger partial charge in [-0.15, -0.1) is 0 Å². The number of rotatable bonds is 5. The number of Topliss-reactive ketones (excluding diaryl/α,β-unsaturated/α-hetero) is 1. The van der Waals surface area contributed by atoms with Gasteiger partial charge in [-0.3, -0.25) is 4.79 Å². The zero-order chi connectivity index (χ0) is 13.8. The fourth-order valence-electron chi connectivity index (χ4n) is 1.61. The second-order valence-corrected chi connectivity index (χ2v) is 5.26. The third kappa shape index (κ3) is 3.67. The van der Waals surface area contributed by atoms with Crippen molar-refractivity contribution in [2.24, 2.45) is 5.92 Å². The molecule has 0 unspecified atom stereocenters. The molecule has 0 bridgehead atoms. The van der Waals surface area contributed by atoms with Crippen LogP contribution in [0.25, 0.3) is 0 Å². The Morgan fingerprint density at radius 2 is 1.95 bits per heavy atom. The predicted molar refractivity (Wildman–Crippen MR) is 75.6 cm³/mol. The Balaban J connectivity index is 2.13. The van der Waals surface area contributed by atoms with Gasteiger partial charge in [-0.2, -0.15) is 0 Å². The highest BCUT2D eigenvalue weighted by atomic mass is 79.9. The van der Waals surface area contributed by atoms with E-state index in [1.54, 1.807) is 0 Å². The van der Waals surface area contributed by atoms with E-state index in [2.05, 4.69) is 26.0 Å².